The monoisotopic (exact) mass is 446 g/mol. The van der Waals surface area contributed by atoms with Gasteiger partial charge in [-0.25, -0.2) is 13.2 Å². The molecule has 0 fully saturated rings. The van der Waals surface area contributed by atoms with E-state index in [0.29, 0.717) is 5.56 Å². The zero-order chi connectivity index (χ0) is 20.9. The van der Waals surface area contributed by atoms with Crippen molar-refractivity contribution in [2.45, 2.75) is 9.79 Å². The van der Waals surface area contributed by atoms with Crippen LogP contribution >= 0.6 is 11.6 Å². The van der Waals surface area contributed by atoms with Gasteiger partial charge in [0, 0.05) is 5.88 Å². The summed E-state index contributed by atoms with van der Waals surface area (Å²) in [6, 6.07) is 8.62. The van der Waals surface area contributed by atoms with Crippen LogP contribution in [0.5, 0.6) is 0 Å². The second-order valence-corrected chi connectivity index (χ2v) is 9.34. The number of hydrazone groups is 1. The number of alkyl halides is 1. The first-order valence-electron chi connectivity index (χ1n) is 7.57. The molecule has 0 aromatic heterocycles. The lowest BCUT2D eigenvalue weighted by Crippen LogP contribution is -2.07. The first-order chi connectivity index (χ1) is 13.0. The molecule has 0 radical (unpaired) electrons. The fourth-order valence-electron chi connectivity index (χ4n) is 2.12. The number of sulfone groups is 1. The number of carboxylic acid groups (broad SMARTS) is 1. The minimum atomic E-state index is -4.52. The number of hydrogen-bond donors (Lipinski definition) is 3. The highest BCUT2D eigenvalue weighted by molar-refractivity contribution is 7.91. The van der Waals surface area contributed by atoms with Crippen LogP contribution in [0.15, 0.2) is 57.4 Å². The molecule has 12 heteroatoms. The van der Waals surface area contributed by atoms with Crippen molar-refractivity contribution in [2.75, 3.05) is 17.1 Å². The van der Waals surface area contributed by atoms with Crippen LogP contribution in [0.4, 0.5) is 5.69 Å². The molecular weight excluding hydrogens is 432 g/mol. The number of carboxylic acids is 1. The van der Waals surface area contributed by atoms with Gasteiger partial charge in [-0.3, -0.25) is 9.98 Å². The van der Waals surface area contributed by atoms with Crippen LogP contribution in [-0.4, -0.2) is 50.3 Å². The van der Waals surface area contributed by atoms with E-state index in [1.165, 1.54) is 30.5 Å². The average Bonchev–Trinajstić information content (AvgIpc) is 2.61. The minimum Gasteiger partial charge on any atom is -0.478 e. The molecule has 0 amide bonds. The lowest BCUT2D eigenvalue weighted by atomic mass is 10.2. The van der Waals surface area contributed by atoms with Crippen molar-refractivity contribution in [1.82, 2.24) is 0 Å². The maximum absolute atomic E-state index is 11.9. The topological polar surface area (TPSA) is 150 Å². The predicted octanol–water partition coefficient (Wildman–Crippen LogP) is 2.09. The smallest absolute Gasteiger partial charge is 0.337 e. The minimum absolute atomic E-state index is 0.0238. The Kier molecular flexibility index (Phi) is 6.77. The van der Waals surface area contributed by atoms with Crippen molar-refractivity contribution in [2.24, 2.45) is 5.10 Å². The predicted molar refractivity (Wildman–Crippen MR) is 104 cm³/mol. The van der Waals surface area contributed by atoms with Gasteiger partial charge < -0.3 is 5.11 Å². The molecule has 2 rings (SSSR count). The van der Waals surface area contributed by atoms with Crippen LogP contribution in [0.1, 0.15) is 15.9 Å². The molecule has 0 aliphatic carbocycles. The molecule has 0 aliphatic rings. The standard InChI is InChI=1S/C16H15ClN2O7S2/c17-7-8-27(22,23)12-3-1-11(2-4-12)10-18-19-15-9-13(28(24,25)26)5-6-14(15)16(20)21/h1-6,9-10,19H,7-8H2,(H,20,21)(H,24,25,26)/b18-10+. The molecule has 2 aromatic rings. The van der Waals surface area contributed by atoms with E-state index in [2.05, 4.69) is 10.5 Å². The Morgan fingerprint density at radius 1 is 1.07 bits per heavy atom. The second kappa shape index (κ2) is 8.69. The Morgan fingerprint density at radius 2 is 1.68 bits per heavy atom. The third-order valence-corrected chi connectivity index (χ3v) is 6.50. The van der Waals surface area contributed by atoms with Crippen LogP contribution in [0.25, 0.3) is 0 Å². The summed E-state index contributed by atoms with van der Waals surface area (Å²) in [4.78, 5) is 10.8. The molecule has 0 unspecified atom stereocenters. The number of rotatable bonds is 8. The number of benzene rings is 2. The average molecular weight is 447 g/mol. The van der Waals surface area contributed by atoms with E-state index >= 15 is 0 Å². The Labute approximate surface area is 166 Å². The van der Waals surface area contributed by atoms with Crippen LogP contribution in [-0.2, 0) is 20.0 Å². The van der Waals surface area contributed by atoms with Crippen molar-refractivity contribution in [3.8, 4) is 0 Å². The van der Waals surface area contributed by atoms with E-state index in [-0.39, 0.29) is 27.8 Å². The summed E-state index contributed by atoms with van der Waals surface area (Å²) in [6.07, 6.45) is 1.28. The summed E-state index contributed by atoms with van der Waals surface area (Å²) in [6.45, 7) is 0. The Bertz CT molecular complexity index is 1110. The Morgan fingerprint density at radius 3 is 2.21 bits per heavy atom. The molecule has 0 heterocycles. The summed E-state index contributed by atoms with van der Waals surface area (Å²) < 4.78 is 55.3. The Hall–Kier alpha value is -2.47. The highest BCUT2D eigenvalue weighted by Crippen LogP contribution is 2.21. The fourth-order valence-corrected chi connectivity index (χ4v) is 4.23. The van der Waals surface area contributed by atoms with E-state index < -0.39 is 30.8 Å². The molecule has 28 heavy (non-hydrogen) atoms. The molecule has 0 atom stereocenters. The fraction of sp³-hybridized carbons (Fsp3) is 0.125. The number of anilines is 1. The van der Waals surface area contributed by atoms with Crippen molar-refractivity contribution < 1.29 is 31.3 Å². The lowest BCUT2D eigenvalue weighted by molar-refractivity contribution is 0.0697. The number of aromatic carboxylic acids is 1. The molecule has 0 saturated heterocycles. The number of nitrogens with one attached hydrogen (secondary N) is 1. The number of nitrogens with zero attached hydrogens (tertiary/aromatic N) is 1. The molecule has 2 aromatic carbocycles. The van der Waals surface area contributed by atoms with Crippen LogP contribution in [0, 0.1) is 0 Å². The highest BCUT2D eigenvalue weighted by Gasteiger charge is 2.16. The highest BCUT2D eigenvalue weighted by atomic mass is 35.5. The van der Waals surface area contributed by atoms with Crippen molar-refractivity contribution >= 4 is 49.4 Å². The van der Waals surface area contributed by atoms with Gasteiger partial charge in [0.25, 0.3) is 10.1 Å². The van der Waals surface area contributed by atoms with Crippen molar-refractivity contribution in [3.05, 3.63) is 53.6 Å². The molecule has 0 saturated carbocycles. The second-order valence-electron chi connectivity index (χ2n) is 5.43. The maximum Gasteiger partial charge on any atom is 0.337 e. The molecular formula is C16H15ClN2O7S2. The normalized spacial score (nSPS) is 12.2. The lowest BCUT2D eigenvalue weighted by Gasteiger charge is -2.07. The van der Waals surface area contributed by atoms with Gasteiger partial charge in [-0.05, 0) is 35.9 Å². The first-order valence-corrected chi connectivity index (χ1v) is 11.2. The van der Waals surface area contributed by atoms with Crippen LogP contribution in [0.2, 0.25) is 0 Å². The van der Waals surface area contributed by atoms with Crippen LogP contribution in [0.3, 0.4) is 0 Å². The number of halogens is 1. The van der Waals surface area contributed by atoms with E-state index in [9.17, 15) is 21.6 Å². The first kappa shape index (κ1) is 21.8. The van der Waals surface area contributed by atoms with E-state index in [0.717, 1.165) is 18.2 Å². The van der Waals surface area contributed by atoms with Gasteiger partial charge in [0.1, 0.15) is 0 Å². The van der Waals surface area contributed by atoms with E-state index in [1.54, 1.807) is 0 Å². The summed E-state index contributed by atoms with van der Waals surface area (Å²) >= 11 is 5.46. The summed E-state index contributed by atoms with van der Waals surface area (Å²) in [5.41, 5.74) is 2.49. The maximum atomic E-state index is 11.9. The van der Waals surface area contributed by atoms with Gasteiger partial charge in [0.2, 0.25) is 0 Å². The van der Waals surface area contributed by atoms with Crippen molar-refractivity contribution in [3.63, 3.8) is 0 Å². The summed E-state index contributed by atoms with van der Waals surface area (Å²) in [5.74, 6) is -1.54. The van der Waals surface area contributed by atoms with Gasteiger partial charge in [-0.1, -0.05) is 12.1 Å². The number of carbonyl (C=O) groups is 1. The van der Waals surface area contributed by atoms with Crippen molar-refractivity contribution in [1.29, 1.82) is 0 Å². The van der Waals surface area contributed by atoms with E-state index in [4.69, 9.17) is 21.3 Å². The third kappa shape index (κ3) is 5.52. The van der Waals surface area contributed by atoms with Gasteiger partial charge in [-0.2, -0.15) is 13.5 Å². The SMILES string of the molecule is O=C(O)c1ccc(S(=O)(=O)O)cc1N/N=C/c1ccc(S(=O)(=O)CCCl)cc1. The molecule has 0 bridgehead atoms. The van der Waals surface area contributed by atoms with Gasteiger partial charge >= 0.3 is 5.97 Å². The zero-order valence-corrected chi connectivity index (χ0v) is 16.5. The van der Waals surface area contributed by atoms with Gasteiger partial charge in [0.05, 0.1) is 33.0 Å². The summed E-state index contributed by atoms with van der Waals surface area (Å²) in [7, 11) is -7.98. The molecule has 0 aliphatic heterocycles. The molecule has 3 N–H and O–H groups in total. The van der Waals surface area contributed by atoms with Gasteiger partial charge in [0.15, 0.2) is 9.84 Å². The molecule has 0 spiro atoms. The number of hydrogen-bond acceptors (Lipinski definition) is 7. The quantitative estimate of drug-likeness (QED) is 0.241. The van der Waals surface area contributed by atoms with E-state index in [1.807, 2.05) is 0 Å². The molecule has 150 valence electrons. The largest absolute Gasteiger partial charge is 0.478 e. The van der Waals surface area contributed by atoms with Gasteiger partial charge in [-0.15, -0.1) is 11.6 Å². The third-order valence-electron chi connectivity index (χ3n) is 3.50. The Balaban J connectivity index is 2.24. The zero-order valence-electron chi connectivity index (χ0n) is 14.1. The summed E-state index contributed by atoms with van der Waals surface area (Å²) in [5, 5.41) is 13.0. The molecule has 9 nitrogen and oxygen atoms in total. The van der Waals surface area contributed by atoms with Crippen LogP contribution < -0.4 is 5.43 Å².